The summed E-state index contributed by atoms with van der Waals surface area (Å²) in [6, 6.07) is 4.80. The van der Waals surface area contributed by atoms with Crippen LogP contribution in [0.1, 0.15) is 30.0 Å². The van der Waals surface area contributed by atoms with Crippen molar-refractivity contribution in [3.05, 3.63) is 69.2 Å². The largest absolute Gasteiger partial charge is 0.427 e. The van der Waals surface area contributed by atoms with Crippen molar-refractivity contribution in [3.63, 3.8) is 0 Å². The summed E-state index contributed by atoms with van der Waals surface area (Å²) in [4.78, 5) is 39.7. The van der Waals surface area contributed by atoms with E-state index in [1.54, 1.807) is 0 Å². The Kier molecular flexibility index (Phi) is 6.37. The van der Waals surface area contributed by atoms with Crippen LogP contribution in [0.25, 0.3) is 0 Å². The van der Waals surface area contributed by atoms with Gasteiger partial charge in [-0.05, 0) is 64.7 Å². The zero-order chi connectivity index (χ0) is 25.7. The van der Waals surface area contributed by atoms with Gasteiger partial charge in [0, 0.05) is 18.5 Å². The lowest BCUT2D eigenvalue weighted by atomic mass is 9.95. The Balaban J connectivity index is 1.60. The Morgan fingerprint density at radius 1 is 1.20 bits per heavy atom. The minimum absolute atomic E-state index is 0.00569. The van der Waals surface area contributed by atoms with Crippen LogP contribution in [0, 0.1) is 11.6 Å². The maximum Gasteiger partial charge on any atom is 0.418 e. The zero-order valence-corrected chi connectivity index (χ0v) is 19.8. The van der Waals surface area contributed by atoms with E-state index in [-0.39, 0.29) is 28.4 Å². The summed E-state index contributed by atoms with van der Waals surface area (Å²) in [5, 5.41) is 0. The number of halogens is 6. The Bertz CT molecular complexity index is 1200. The molecule has 2 atom stereocenters. The summed E-state index contributed by atoms with van der Waals surface area (Å²) in [6.07, 6.45) is -5.72. The molecule has 186 valence electrons. The first-order valence-corrected chi connectivity index (χ1v) is 11.3. The summed E-state index contributed by atoms with van der Waals surface area (Å²) in [5.41, 5.74) is -0.922. The second-order valence-electron chi connectivity index (χ2n) is 8.38. The molecular formula is C23H18BrF5N2O4. The Hall–Kier alpha value is -3.02. The van der Waals surface area contributed by atoms with Gasteiger partial charge in [0.05, 0.1) is 4.47 Å². The summed E-state index contributed by atoms with van der Waals surface area (Å²) in [6.45, 7) is -0.777. The maximum absolute atomic E-state index is 14.2. The van der Waals surface area contributed by atoms with Crippen molar-refractivity contribution in [2.45, 2.75) is 44.1 Å². The number of rotatable bonds is 5. The number of ether oxygens (including phenoxy) is 1. The van der Waals surface area contributed by atoms with Crippen molar-refractivity contribution in [2.75, 3.05) is 6.54 Å². The van der Waals surface area contributed by atoms with Gasteiger partial charge in [-0.2, -0.15) is 13.2 Å². The van der Waals surface area contributed by atoms with Gasteiger partial charge in [-0.25, -0.2) is 18.5 Å². The molecule has 35 heavy (non-hydrogen) atoms. The van der Waals surface area contributed by atoms with Gasteiger partial charge in [0.15, 0.2) is 0 Å². The van der Waals surface area contributed by atoms with Gasteiger partial charge >= 0.3 is 12.3 Å². The number of fused-ring (bicyclic) bond motifs is 2. The molecule has 2 aromatic rings. The predicted octanol–water partition coefficient (Wildman–Crippen LogP) is 4.83. The van der Waals surface area contributed by atoms with E-state index < -0.39 is 60.5 Å². The highest BCUT2D eigenvalue weighted by Crippen LogP contribution is 2.46. The lowest BCUT2D eigenvalue weighted by Crippen LogP contribution is -2.51. The predicted molar refractivity (Wildman–Crippen MR) is 115 cm³/mol. The summed E-state index contributed by atoms with van der Waals surface area (Å²) in [5.74, 6) is -3.40. The first-order chi connectivity index (χ1) is 16.3. The van der Waals surface area contributed by atoms with Crippen LogP contribution in [0.3, 0.4) is 0 Å². The molecule has 1 spiro atoms. The monoisotopic (exact) mass is 560 g/mol. The normalized spacial score (nSPS) is 20.3. The van der Waals surface area contributed by atoms with Crippen molar-refractivity contribution >= 4 is 33.8 Å². The van der Waals surface area contributed by atoms with E-state index in [1.807, 2.05) is 0 Å². The third-order valence-electron chi connectivity index (χ3n) is 6.22. The van der Waals surface area contributed by atoms with E-state index in [0.29, 0.717) is 15.4 Å². The number of aryl methyl sites for hydroxylation is 1. The summed E-state index contributed by atoms with van der Waals surface area (Å²) >= 11 is 3.05. The van der Waals surface area contributed by atoms with Crippen LogP contribution in [0.4, 0.5) is 26.7 Å². The molecule has 2 unspecified atom stereocenters. The van der Waals surface area contributed by atoms with Crippen LogP contribution in [0.5, 0.6) is 0 Å². The van der Waals surface area contributed by atoms with Crippen LogP contribution < -0.4 is 0 Å². The fourth-order valence-corrected chi connectivity index (χ4v) is 4.65. The van der Waals surface area contributed by atoms with E-state index in [0.717, 1.165) is 25.1 Å². The number of hydrogen-bond donors (Lipinski definition) is 0. The maximum atomic E-state index is 14.2. The SMILES string of the molecule is CC(N(Cc1ccc(F)cc1)C(=O)CN1C(=O)OC2(CCc3cc(Br)c(F)cc32)C1=O)C(F)(F)F. The van der Waals surface area contributed by atoms with E-state index in [9.17, 15) is 36.3 Å². The molecule has 0 saturated carbocycles. The van der Waals surface area contributed by atoms with Crippen molar-refractivity contribution < 1.29 is 41.1 Å². The molecule has 6 nitrogen and oxygen atoms in total. The van der Waals surface area contributed by atoms with Crippen LogP contribution >= 0.6 is 15.9 Å². The quantitative estimate of drug-likeness (QED) is 0.491. The summed E-state index contributed by atoms with van der Waals surface area (Å²) in [7, 11) is 0. The van der Waals surface area contributed by atoms with E-state index in [1.165, 1.54) is 18.2 Å². The number of nitrogens with zero attached hydrogens (tertiary/aromatic N) is 2. The van der Waals surface area contributed by atoms with Gasteiger partial charge in [0.2, 0.25) is 11.5 Å². The number of carbonyl (C=O) groups excluding carboxylic acids is 3. The van der Waals surface area contributed by atoms with Crippen LogP contribution in [-0.2, 0) is 32.9 Å². The number of imide groups is 1. The molecule has 1 saturated heterocycles. The Morgan fingerprint density at radius 2 is 1.86 bits per heavy atom. The minimum Gasteiger partial charge on any atom is -0.427 e. The molecule has 1 heterocycles. The number of alkyl halides is 3. The highest BCUT2D eigenvalue weighted by atomic mass is 79.9. The molecule has 1 aliphatic carbocycles. The van der Waals surface area contributed by atoms with Gasteiger partial charge in [0.1, 0.15) is 24.2 Å². The number of amides is 3. The third kappa shape index (κ3) is 4.51. The van der Waals surface area contributed by atoms with Gasteiger partial charge in [-0.3, -0.25) is 9.59 Å². The van der Waals surface area contributed by atoms with Crippen LogP contribution in [0.2, 0.25) is 0 Å². The third-order valence-corrected chi connectivity index (χ3v) is 6.83. The highest BCUT2D eigenvalue weighted by molar-refractivity contribution is 9.10. The molecule has 2 aliphatic rings. The number of benzene rings is 2. The van der Waals surface area contributed by atoms with Crippen molar-refractivity contribution in [1.29, 1.82) is 0 Å². The second-order valence-corrected chi connectivity index (χ2v) is 9.23. The van der Waals surface area contributed by atoms with Crippen LogP contribution in [-0.4, -0.2) is 46.5 Å². The molecule has 3 amide bonds. The van der Waals surface area contributed by atoms with Crippen molar-refractivity contribution in [2.24, 2.45) is 0 Å². The molecule has 0 bridgehead atoms. The lowest BCUT2D eigenvalue weighted by molar-refractivity contribution is -0.187. The Labute approximate surface area is 204 Å². The molecule has 12 heteroatoms. The first kappa shape index (κ1) is 25.1. The fourth-order valence-electron chi connectivity index (χ4n) is 4.26. The molecule has 1 fully saturated rings. The molecule has 0 N–H and O–H groups in total. The topological polar surface area (TPSA) is 66.9 Å². The van der Waals surface area contributed by atoms with Gasteiger partial charge < -0.3 is 9.64 Å². The number of carbonyl (C=O) groups is 3. The standard InChI is InChI=1S/C23H18BrF5N2O4/c1-12(23(27,28)29)30(10-13-2-4-15(25)5-3-13)19(32)11-31-20(33)22(35-21(31)34)7-6-14-8-17(24)18(26)9-16(14)22/h2-5,8-9,12H,6-7,10-11H2,1H3. The first-order valence-electron chi connectivity index (χ1n) is 10.5. The van der Waals surface area contributed by atoms with Crippen molar-refractivity contribution in [1.82, 2.24) is 9.80 Å². The van der Waals surface area contributed by atoms with E-state index >= 15 is 0 Å². The molecular weight excluding hydrogens is 543 g/mol. The Morgan fingerprint density at radius 3 is 2.49 bits per heavy atom. The highest BCUT2D eigenvalue weighted by Gasteiger charge is 2.59. The zero-order valence-electron chi connectivity index (χ0n) is 18.2. The average Bonchev–Trinajstić information content (AvgIpc) is 3.24. The van der Waals surface area contributed by atoms with Gasteiger partial charge in [-0.15, -0.1) is 0 Å². The van der Waals surface area contributed by atoms with Gasteiger partial charge in [0.25, 0.3) is 5.91 Å². The molecule has 4 rings (SSSR count). The molecule has 0 radical (unpaired) electrons. The molecule has 0 aromatic heterocycles. The average molecular weight is 561 g/mol. The second kappa shape index (κ2) is 8.89. The van der Waals surface area contributed by atoms with Gasteiger partial charge in [-0.1, -0.05) is 12.1 Å². The number of hydrogen-bond acceptors (Lipinski definition) is 4. The molecule has 1 aliphatic heterocycles. The van der Waals surface area contributed by atoms with E-state index in [2.05, 4.69) is 15.9 Å². The van der Waals surface area contributed by atoms with Crippen LogP contribution in [0.15, 0.2) is 40.9 Å². The summed E-state index contributed by atoms with van der Waals surface area (Å²) < 4.78 is 73.4. The smallest absolute Gasteiger partial charge is 0.418 e. The van der Waals surface area contributed by atoms with Crippen molar-refractivity contribution in [3.8, 4) is 0 Å². The van der Waals surface area contributed by atoms with E-state index in [4.69, 9.17) is 4.74 Å². The lowest BCUT2D eigenvalue weighted by Gasteiger charge is -2.31. The molecule has 2 aromatic carbocycles. The minimum atomic E-state index is -4.80. The fraction of sp³-hybridized carbons (Fsp3) is 0.348.